The number of benzene rings is 2. The zero-order valence-electron chi connectivity index (χ0n) is 45.3. The lowest BCUT2D eigenvalue weighted by atomic mass is 9.89. The molecule has 1 aliphatic rings. The summed E-state index contributed by atoms with van der Waals surface area (Å²) in [5, 5.41) is 8.90. The first-order chi connectivity index (χ1) is 33.3. The summed E-state index contributed by atoms with van der Waals surface area (Å²) in [5.41, 5.74) is 1.69. The number of methoxy groups -OCH3 is 2. The lowest BCUT2D eigenvalue weighted by Crippen LogP contribution is -2.59. The van der Waals surface area contributed by atoms with Crippen molar-refractivity contribution in [3.63, 3.8) is 0 Å². The van der Waals surface area contributed by atoms with Crippen molar-refractivity contribution in [2.45, 2.75) is 157 Å². The van der Waals surface area contributed by atoms with Gasteiger partial charge in [0.05, 0.1) is 55.3 Å². The van der Waals surface area contributed by atoms with Crippen LogP contribution in [0.3, 0.4) is 0 Å². The molecule has 12 atom stereocenters. The van der Waals surface area contributed by atoms with Crippen molar-refractivity contribution in [3.8, 4) is 0 Å². The number of amides is 5. The Balaban J connectivity index is 1.76. The molecule has 400 valence electrons. The minimum Gasteiger partial charge on any atom is -0.379 e. The van der Waals surface area contributed by atoms with E-state index in [-0.39, 0.29) is 66.2 Å². The molecule has 71 heavy (non-hydrogen) atoms. The Hall–Kier alpha value is -4.22. The smallest absolute Gasteiger partial charge is 0.379 e. The summed E-state index contributed by atoms with van der Waals surface area (Å²) < 4.78 is 36.9. The van der Waals surface area contributed by atoms with Crippen LogP contribution in [0.1, 0.15) is 119 Å². The van der Waals surface area contributed by atoms with Gasteiger partial charge in [-0.05, 0) is 80.8 Å². The fourth-order valence-electron chi connectivity index (χ4n) is 9.50. The summed E-state index contributed by atoms with van der Waals surface area (Å²) in [5.74, 6) is -2.28. The minimum absolute atomic E-state index is 0.0150. The third-order valence-electron chi connectivity index (χ3n) is 14.2. The number of ether oxygens (including phenoxy) is 2. The SMILES string of the molecule is CC[C@H](C)[C@@H]([C@@H](CC(=O)N1CCC[C@H]1[C@H](OC)[C@@H](C)C(=O)N[C@H](C)[C@@H](OP(=O)(O)OCc1ccc(NC(=O)[C@@H](C)C(C)C)cc1)c1ccccc1)OC)N(C)C(=O)[C@@H](NC(=O)[C@H](C(C)C)N(C)C)C(C)C. The lowest BCUT2D eigenvalue weighted by Gasteiger charge is -2.41. The Labute approximate surface area is 424 Å². The van der Waals surface area contributed by atoms with E-state index in [1.165, 1.54) is 14.2 Å². The van der Waals surface area contributed by atoms with Gasteiger partial charge in [-0.2, -0.15) is 0 Å². The van der Waals surface area contributed by atoms with Crippen molar-refractivity contribution in [2.75, 3.05) is 47.2 Å². The predicted octanol–water partition coefficient (Wildman–Crippen LogP) is 7.44. The molecule has 0 radical (unpaired) electrons. The lowest BCUT2D eigenvalue weighted by molar-refractivity contribution is -0.148. The van der Waals surface area contributed by atoms with Gasteiger partial charge in [-0.1, -0.05) is 118 Å². The number of rotatable bonds is 28. The van der Waals surface area contributed by atoms with Crippen molar-refractivity contribution >= 4 is 43.0 Å². The summed E-state index contributed by atoms with van der Waals surface area (Å²) in [6, 6.07) is 12.5. The van der Waals surface area contributed by atoms with Crippen molar-refractivity contribution in [1.82, 2.24) is 25.3 Å². The first kappa shape index (κ1) is 61.1. The number of phosphoric acid groups is 1. The normalized spacial score (nSPS) is 19.2. The molecule has 5 amide bonds. The number of carbonyl (C=O) groups excluding carboxylic acids is 5. The van der Waals surface area contributed by atoms with Crippen LogP contribution in [0.25, 0.3) is 0 Å². The second kappa shape index (κ2) is 28.3. The summed E-state index contributed by atoms with van der Waals surface area (Å²) in [4.78, 5) is 85.4. The number of nitrogens with zero attached hydrogens (tertiary/aromatic N) is 3. The van der Waals surface area contributed by atoms with Gasteiger partial charge in [-0.15, -0.1) is 0 Å². The monoisotopic (exact) mass is 1010 g/mol. The number of carbonyl (C=O) groups is 5. The van der Waals surface area contributed by atoms with Gasteiger partial charge >= 0.3 is 7.82 Å². The molecule has 1 saturated heterocycles. The molecule has 1 unspecified atom stereocenters. The molecule has 0 spiro atoms. The highest BCUT2D eigenvalue weighted by Gasteiger charge is 2.44. The van der Waals surface area contributed by atoms with Gasteiger partial charge in [0, 0.05) is 39.4 Å². The molecular weight excluding hydrogens is 928 g/mol. The van der Waals surface area contributed by atoms with Crippen LogP contribution in [-0.4, -0.2) is 133 Å². The van der Waals surface area contributed by atoms with Gasteiger partial charge in [-0.25, -0.2) is 4.57 Å². The van der Waals surface area contributed by atoms with Gasteiger partial charge in [0.1, 0.15) is 12.1 Å². The first-order valence-corrected chi connectivity index (χ1v) is 26.8. The molecule has 0 bridgehead atoms. The Morgan fingerprint density at radius 1 is 0.789 bits per heavy atom. The molecule has 1 heterocycles. The van der Waals surface area contributed by atoms with Gasteiger partial charge in [0.15, 0.2) is 0 Å². The zero-order valence-corrected chi connectivity index (χ0v) is 46.2. The highest BCUT2D eigenvalue weighted by molar-refractivity contribution is 7.47. The molecule has 2 aromatic carbocycles. The average Bonchev–Trinajstić information content (AvgIpc) is 3.81. The van der Waals surface area contributed by atoms with E-state index in [4.69, 9.17) is 18.5 Å². The largest absolute Gasteiger partial charge is 0.473 e. The van der Waals surface area contributed by atoms with Crippen molar-refractivity contribution in [2.24, 2.45) is 35.5 Å². The highest BCUT2D eigenvalue weighted by atomic mass is 31.2. The second-order valence-corrected chi connectivity index (χ2v) is 22.1. The van der Waals surface area contributed by atoms with E-state index in [1.54, 1.807) is 85.3 Å². The maximum Gasteiger partial charge on any atom is 0.473 e. The fourth-order valence-corrected chi connectivity index (χ4v) is 10.5. The molecule has 1 fully saturated rings. The second-order valence-electron chi connectivity index (χ2n) is 20.7. The molecular formula is C53H87N6O11P. The Morgan fingerprint density at radius 3 is 1.93 bits per heavy atom. The maximum atomic E-state index is 14.5. The zero-order chi connectivity index (χ0) is 53.5. The predicted molar refractivity (Wildman–Crippen MR) is 277 cm³/mol. The molecule has 0 aromatic heterocycles. The number of likely N-dealkylation sites (tertiary alicyclic amines) is 1. The van der Waals surface area contributed by atoms with Gasteiger partial charge in [0.2, 0.25) is 29.5 Å². The number of hydrogen-bond acceptors (Lipinski definition) is 11. The summed E-state index contributed by atoms with van der Waals surface area (Å²) in [7, 11) is 3.71. The van der Waals surface area contributed by atoms with Crippen molar-refractivity contribution in [1.29, 1.82) is 0 Å². The molecule has 17 nitrogen and oxygen atoms in total. The van der Waals surface area contributed by atoms with Crippen LogP contribution in [-0.2, 0) is 53.7 Å². The van der Waals surface area contributed by atoms with Crippen LogP contribution in [0.2, 0.25) is 0 Å². The van der Waals surface area contributed by atoms with Crippen LogP contribution >= 0.6 is 7.82 Å². The third-order valence-corrected chi connectivity index (χ3v) is 15.1. The molecule has 3 rings (SSSR count). The topological polar surface area (TPSA) is 205 Å². The van der Waals surface area contributed by atoms with E-state index in [0.29, 0.717) is 42.6 Å². The van der Waals surface area contributed by atoms with Crippen LogP contribution in [0.4, 0.5) is 5.69 Å². The van der Waals surface area contributed by atoms with Crippen LogP contribution in [0.15, 0.2) is 54.6 Å². The van der Waals surface area contributed by atoms with Crippen molar-refractivity contribution in [3.05, 3.63) is 65.7 Å². The van der Waals surface area contributed by atoms with Crippen LogP contribution in [0.5, 0.6) is 0 Å². The standard InChI is InChI=1S/C53H87N6O11P/c1-17-35(8)47(58(14)53(64)45(33(4)5)56-52(63)46(34(6)7)57(12)13)43(67-15)30-44(60)59-29-21-24-42(59)48(68-16)37(10)51(62)54-38(11)49(40-22-19-18-20-23-40)70-71(65,66)69-31-39-25-27-41(28-26-39)55-50(61)36(9)32(2)3/h18-20,22-23,25-28,32-38,42-43,45-49H,17,21,24,29-31H2,1-16H3,(H,54,62)(H,55,61)(H,56,63)(H,65,66)/t35-,36-,37+,38+,42-,43+,45-,46-,47-,48+,49+/m0/s1. The maximum absolute atomic E-state index is 14.5. The number of anilines is 1. The van der Waals surface area contributed by atoms with Gasteiger partial charge in [-0.3, -0.25) is 37.9 Å². The summed E-state index contributed by atoms with van der Waals surface area (Å²) in [6.07, 6.45) is -0.600. The van der Waals surface area contributed by atoms with Gasteiger partial charge < -0.3 is 40.1 Å². The fraction of sp³-hybridized carbons (Fsp3) is 0.679. The van der Waals surface area contributed by atoms with E-state index >= 15 is 0 Å². The Kier molecular flexibility index (Phi) is 24.3. The molecule has 18 heteroatoms. The van der Waals surface area contributed by atoms with Gasteiger partial charge in [0.25, 0.3) is 0 Å². The average molecular weight is 1020 g/mol. The first-order valence-electron chi connectivity index (χ1n) is 25.3. The molecule has 0 aliphatic carbocycles. The van der Waals surface area contributed by atoms with E-state index in [0.717, 1.165) is 0 Å². The third kappa shape index (κ3) is 17.2. The van der Waals surface area contributed by atoms with Crippen LogP contribution in [0, 0.1) is 35.5 Å². The Bertz CT molecular complexity index is 2050. The Morgan fingerprint density at radius 2 is 1.41 bits per heavy atom. The van der Waals surface area contributed by atoms with E-state index in [1.807, 2.05) is 81.3 Å². The van der Waals surface area contributed by atoms with E-state index < -0.39 is 68.2 Å². The molecule has 2 aromatic rings. The molecule has 1 aliphatic heterocycles. The summed E-state index contributed by atoms with van der Waals surface area (Å²) >= 11 is 0. The highest BCUT2D eigenvalue weighted by Crippen LogP contribution is 2.49. The molecule has 4 N–H and O–H groups in total. The van der Waals surface area contributed by atoms with E-state index in [9.17, 15) is 33.4 Å². The summed E-state index contributed by atoms with van der Waals surface area (Å²) in [6.45, 7) is 21.2. The van der Waals surface area contributed by atoms with Crippen molar-refractivity contribution < 1.29 is 52.0 Å². The molecule has 0 saturated carbocycles. The number of likely N-dealkylation sites (N-methyl/N-ethyl adjacent to an activating group) is 2. The number of hydrogen-bond donors (Lipinski definition) is 4. The van der Waals surface area contributed by atoms with E-state index in [2.05, 4.69) is 16.0 Å². The van der Waals surface area contributed by atoms with Crippen LogP contribution < -0.4 is 16.0 Å². The quantitative estimate of drug-likeness (QED) is 0.0614. The number of phosphoric ester groups is 1. The number of nitrogens with one attached hydrogen (secondary N) is 3. The minimum atomic E-state index is -4.73.